The first-order valence-corrected chi connectivity index (χ1v) is 16.4. The van der Waals surface area contributed by atoms with E-state index < -0.39 is 17.8 Å². The number of piperidine rings is 1. The van der Waals surface area contributed by atoms with Crippen LogP contribution in [0.15, 0.2) is 60.9 Å². The predicted octanol–water partition coefficient (Wildman–Crippen LogP) is 4.43. The SMILES string of the molecule is O=C(Nc1ccc2c(c1)NNC2)C1c2cccc(OCCC3CCNCC3)c2CCN1C(=O)/C=C/c1c(-n2cnnn2)ccc(Cl)c1F. The van der Waals surface area contributed by atoms with Crippen LogP contribution in [0.25, 0.3) is 11.8 Å². The van der Waals surface area contributed by atoms with Crippen molar-refractivity contribution < 1.29 is 18.7 Å². The van der Waals surface area contributed by atoms with Crippen molar-refractivity contribution in [1.82, 2.24) is 35.8 Å². The third kappa shape index (κ3) is 6.61. The maximum atomic E-state index is 15.3. The number of benzene rings is 3. The largest absolute Gasteiger partial charge is 0.493 e. The minimum absolute atomic E-state index is 0.0326. The fraction of sp³-hybridized carbons (Fsp3) is 0.324. The summed E-state index contributed by atoms with van der Waals surface area (Å²) in [6.45, 7) is 3.56. The summed E-state index contributed by atoms with van der Waals surface area (Å²) in [5.74, 6) is -0.231. The molecule has 0 bridgehead atoms. The van der Waals surface area contributed by atoms with Crippen LogP contribution in [0.5, 0.6) is 5.75 Å². The third-order valence-electron chi connectivity index (χ3n) is 9.13. The molecule has 1 aromatic heterocycles. The van der Waals surface area contributed by atoms with Crippen molar-refractivity contribution in [1.29, 1.82) is 0 Å². The first-order chi connectivity index (χ1) is 23.5. The summed E-state index contributed by atoms with van der Waals surface area (Å²) >= 11 is 6.10. The van der Waals surface area contributed by atoms with E-state index in [1.54, 1.807) is 6.07 Å². The van der Waals surface area contributed by atoms with E-state index >= 15 is 4.39 Å². The third-order valence-corrected chi connectivity index (χ3v) is 9.42. The summed E-state index contributed by atoms with van der Waals surface area (Å²) < 4.78 is 22.9. The lowest BCUT2D eigenvalue weighted by atomic mass is 9.90. The van der Waals surface area contributed by atoms with Gasteiger partial charge in [-0.05, 0) is 103 Å². The van der Waals surface area contributed by atoms with Gasteiger partial charge in [-0.1, -0.05) is 29.8 Å². The molecule has 0 radical (unpaired) electrons. The van der Waals surface area contributed by atoms with Gasteiger partial charge in [0.2, 0.25) is 5.91 Å². The number of carbonyl (C=O) groups excluding carboxylic acids is 2. The minimum Gasteiger partial charge on any atom is -0.493 e. The fourth-order valence-electron chi connectivity index (χ4n) is 6.60. The van der Waals surface area contributed by atoms with E-state index in [2.05, 4.69) is 37.0 Å². The summed E-state index contributed by atoms with van der Waals surface area (Å²) in [6, 6.07) is 13.3. The highest BCUT2D eigenvalue weighted by atomic mass is 35.5. The number of anilines is 2. The second-order valence-corrected chi connectivity index (χ2v) is 12.5. The Balaban J connectivity index is 1.18. The van der Waals surface area contributed by atoms with Gasteiger partial charge in [-0.3, -0.25) is 9.59 Å². The summed E-state index contributed by atoms with van der Waals surface area (Å²) in [4.78, 5) is 29.6. The van der Waals surface area contributed by atoms with E-state index in [0.29, 0.717) is 42.4 Å². The van der Waals surface area contributed by atoms with Gasteiger partial charge in [0, 0.05) is 36.0 Å². The first kappa shape index (κ1) is 31.7. The Morgan fingerprint density at radius 3 is 2.85 bits per heavy atom. The molecule has 1 unspecified atom stereocenters. The lowest BCUT2D eigenvalue weighted by Crippen LogP contribution is -2.44. The maximum absolute atomic E-state index is 15.3. The van der Waals surface area contributed by atoms with Crippen LogP contribution in [-0.4, -0.2) is 63.2 Å². The van der Waals surface area contributed by atoms with Crippen LogP contribution in [0.1, 0.15) is 47.6 Å². The quantitative estimate of drug-likeness (QED) is 0.190. The van der Waals surface area contributed by atoms with Crippen LogP contribution in [-0.2, 0) is 22.6 Å². The highest BCUT2D eigenvalue weighted by Gasteiger charge is 2.37. The molecule has 248 valence electrons. The van der Waals surface area contributed by atoms with Crippen LogP contribution in [0.3, 0.4) is 0 Å². The summed E-state index contributed by atoms with van der Waals surface area (Å²) in [5, 5.41) is 17.4. The molecule has 0 saturated carbocycles. The molecule has 3 aliphatic rings. The monoisotopic (exact) mass is 671 g/mol. The fourth-order valence-corrected chi connectivity index (χ4v) is 6.77. The van der Waals surface area contributed by atoms with Gasteiger partial charge in [-0.15, -0.1) is 5.10 Å². The average molecular weight is 672 g/mol. The van der Waals surface area contributed by atoms with Crippen molar-refractivity contribution in [2.45, 2.75) is 38.3 Å². The molecule has 7 rings (SSSR count). The molecule has 1 saturated heterocycles. The number of rotatable bonds is 9. The summed E-state index contributed by atoms with van der Waals surface area (Å²) in [7, 11) is 0. The molecule has 0 spiro atoms. The Morgan fingerprint density at radius 2 is 2.02 bits per heavy atom. The lowest BCUT2D eigenvalue weighted by molar-refractivity contribution is -0.135. The molecule has 1 atom stereocenters. The van der Waals surface area contributed by atoms with Crippen LogP contribution in [0, 0.1) is 11.7 Å². The van der Waals surface area contributed by atoms with Crippen LogP contribution in [0.2, 0.25) is 5.02 Å². The Morgan fingerprint density at radius 1 is 1.15 bits per heavy atom. The summed E-state index contributed by atoms with van der Waals surface area (Å²) in [6.07, 6.45) is 7.61. The van der Waals surface area contributed by atoms with Crippen molar-refractivity contribution >= 4 is 40.9 Å². The highest BCUT2D eigenvalue weighted by Crippen LogP contribution is 2.37. The smallest absolute Gasteiger partial charge is 0.251 e. The second kappa shape index (κ2) is 14.1. The van der Waals surface area contributed by atoms with Gasteiger partial charge in [0.1, 0.15) is 18.1 Å². The number of halogens is 2. The van der Waals surface area contributed by atoms with E-state index in [-0.39, 0.29) is 23.0 Å². The number of nitrogens with one attached hydrogen (secondary N) is 4. The molecule has 3 aromatic carbocycles. The standard InChI is InChI=1S/C34H35ClFN9O3/c35-27-7-8-29(45-20-39-42-43-45)26(32(27)36)6-9-31(46)44-16-12-24-25(2-1-3-30(24)48-17-13-21-10-14-37-15-11-21)33(44)34(47)40-23-5-4-22-19-38-41-28(22)18-23/h1-9,18,20-21,33,37-38,41H,10-17,19H2,(H,40,47)/b9-6+. The van der Waals surface area contributed by atoms with E-state index in [1.807, 2.05) is 36.4 Å². The molecule has 14 heteroatoms. The van der Waals surface area contributed by atoms with Gasteiger partial charge in [-0.25, -0.2) is 9.82 Å². The molecule has 2 amide bonds. The Labute approximate surface area is 281 Å². The van der Waals surface area contributed by atoms with Crippen molar-refractivity contribution in [2.75, 3.05) is 37.0 Å². The molecule has 4 heterocycles. The first-order valence-electron chi connectivity index (χ1n) is 16.0. The number of fused-ring (bicyclic) bond motifs is 2. The van der Waals surface area contributed by atoms with Crippen molar-refractivity contribution in [2.24, 2.45) is 5.92 Å². The predicted molar refractivity (Wildman–Crippen MR) is 179 cm³/mol. The van der Waals surface area contributed by atoms with Crippen molar-refractivity contribution in [3.8, 4) is 11.4 Å². The maximum Gasteiger partial charge on any atom is 0.251 e. The molecular formula is C34H35ClFN9O3. The topological polar surface area (TPSA) is 138 Å². The molecule has 48 heavy (non-hydrogen) atoms. The number of ether oxygens (including phenoxy) is 1. The van der Waals surface area contributed by atoms with Crippen LogP contribution < -0.4 is 26.2 Å². The zero-order chi connectivity index (χ0) is 33.0. The lowest BCUT2D eigenvalue weighted by Gasteiger charge is -2.36. The number of hydrazine groups is 1. The van der Waals surface area contributed by atoms with Crippen LogP contribution in [0.4, 0.5) is 15.8 Å². The van der Waals surface area contributed by atoms with Gasteiger partial charge in [0.05, 0.1) is 23.0 Å². The number of tetrazole rings is 1. The van der Waals surface area contributed by atoms with Gasteiger partial charge < -0.3 is 25.7 Å². The highest BCUT2D eigenvalue weighted by molar-refractivity contribution is 6.31. The molecule has 4 N–H and O–H groups in total. The molecule has 1 fully saturated rings. The molecule has 0 aliphatic carbocycles. The van der Waals surface area contributed by atoms with Crippen molar-refractivity contribution in [3.05, 3.63) is 94.0 Å². The van der Waals surface area contributed by atoms with Gasteiger partial charge in [0.15, 0.2) is 5.82 Å². The Kier molecular flexibility index (Phi) is 9.32. The van der Waals surface area contributed by atoms with Gasteiger partial charge in [-0.2, -0.15) is 4.68 Å². The number of hydrogen-bond donors (Lipinski definition) is 4. The van der Waals surface area contributed by atoms with Gasteiger partial charge in [0.25, 0.3) is 5.91 Å². The summed E-state index contributed by atoms with van der Waals surface area (Å²) in [5.41, 5.74) is 10.6. The zero-order valence-corrected chi connectivity index (χ0v) is 26.8. The number of amides is 2. The zero-order valence-electron chi connectivity index (χ0n) is 26.1. The number of carbonyl (C=O) groups is 2. The Hall–Kier alpha value is -4.85. The van der Waals surface area contributed by atoms with E-state index in [0.717, 1.165) is 54.9 Å². The second-order valence-electron chi connectivity index (χ2n) is 12.1. The number of aromatic nitrogens is 4. The average Bonchev–Trinajstić information content (AvgIpc) is 3.81. The molecular weight excluding hydrogens is 637 g/mol. The number of nitrogens with zero attached hydrogens (tertiary/aromatic N) is 5. The van der Waals surface area contributed by atoms with Crippen molar-refractivity contribution in [3.63, 3.8) is 0 Å². The van der Waals surface area contributed by atoms with E-state index in [4.69, 9.17) is 16.3 Å². The molecule has 3 aliphatic heterocycles. The molecule has 4 aromatic rings. The molecule has 12 nitrogen and oxygen atoms in total. The van der Waals surface area contributed by atoms with E-state index in [1.165, 1.54) is 34.1 Å². The normalized spacial score (nSPS) is 17.5. The van der Waals surface area contributed by atoms with E-state index in [9.17, 15) is 9.59 Å². The number of hydrogen-bond acceptors (Lipinski definition) is 9. The minimum atomic E-state index is -0.971. The Bertz CT molecular complexity index is 1850. The van der Waals surface area contributed by atoms with Crippen LogP contribution >= 0.6 is 11.6 Å². The van der Waals surface area contributed by atoms with Gasteiger partial charge >= 0.3 is 0 Å².